The fourth-order valence-electron chi connectivity index (χ4n) is 0.871. The van der Waals surface area contributed by atoms with Crippen molar-refractivity contribution in [2.45, 2.75) is 38.7 Å². The molecule has 0 aliphatic rings. The van der Waals surface area contributed by atoms with Crippen molar-refractivity contribution in [3.63, 3.8) is 0 Å². The monoisotopic (exact) mass is 169 g/mol. The smallest absolute Gasteiger partial charge is 0.0715 e. The fraction of sp³-hybridized carbons (Fsp3) is 0.800. The molecule has 0 aliphatic carbocycles. The summed E-state index contributed by atoms with van der Waals surface area (Å²) in [7, 11) is 0. The summed E-state index contributed by atoms with van der Waals surface area (Å²) in [5, 5.41) is 12.5. The topological polar surface area (TPSA) is 32.3 Å². The summed E-state index contributed by atoms with van der Waals surface area (Å²) in [6.45, 7) is 5.16. The van der Waals surface area contributed by atoms with Crippen molar-refractivity contribution in [3.8, 4) is 12.3 Å². The maximum Gasteiger partial charge on any atom is 0.0715 e. The summed E-state index contributed by atoms with van der Waals surface area (Å²) in [6, 6.07) is 0. The molecule has 2 heteroatoms. The molecule has 0 aromatic rings. The number of nitrogens with one attached hydrogen (secondary N) is 1. The zero-order valence-corrected chi connectivity index (χ0v) is 8.06. The second kappa shape index (κ2) is 6.05. The lowest BCUT2D eigenvalue weighted by Gasteiger charge is -2.17. The third-order valence-corrected chi connectivity index (χ3v) is 1.48. The van der Waals surface area contributed by atoms with Crippen LogP contribution in [0, 0.1) is 12.3 Å². The van der Waals surface area contributed by atoms with Crippen molar-refractivity contribution in [1.82, 2.24) is 5.32 Å². The Labute approximate surface area is 75.4 Å². The van der Waals surface area contributed by atoms with Gasteiger partial charge < -0.3 is 10.4 Å². The predicted octanol–water partition coefficient (Wildman–Crippen LogP) is 1.15. The fourth-order valence-corrected chi connectivity index (χ4v) is 0.871. The Morgan fingerprint density at radius 1 is 1.42 bits per heavy atom. The molecule has 0 aromatic heterocycles. The largest absolute Gasteiger partial charge is 0.389 e. The van der Waals surface area contributed by atoms with Crippen LogP contribution in [-0.2, 0) is 0 Å². The van der Waals surface area contributed by atoms with Crippen molar-refractivity contribution < 1.29 is 5.11 Å². The third-order valence-electron chi connectivity index (χ3n) is 1.48. The van der Waals surface area contributed by atoms with Crippen LogP contribution in [0.1, 0.15) is 33.1 Å². The van der Waals surface area contributed by atoms with Crippen molar-refractivity contribution in [3.05, 3.63) is 0 Å². The minimum atomic E-state index is -0.605. The van der Waals surface area contributed by atoms with Gasteiger partial charge in [-0.25, -0.2) is 0 Å². The highest BCUT2D eigenvalue weighted by Gasteiger charge is 2.10. The van der Waals surface area contributed by atoms with Crippen LogP contribution in [-0.4, -0.2) is 23.8 Å². The first-order valence-electron chi connectivity index (χ1n) is 4.43. The number of terminal acetylenes is 1. The quantitative estimate of drug-likeness (QED) is 0.462. The molecule has 0 bridgehead atoms. The standard InChI is InChI=1S/C10H19NO/c1-4-5-6-7-8-11-9-10(2,3)12/h1,11-12H,5-9H2,2-3H3. The SMILES string of the molecule is C#CCCCCNCC(C)(C)O. The van der Waals surface area contributed by atoms with E-state index in [-0.39, 0.29) is 0 Å². The van der Waals surface area contributed by atoms with E-state index in [0.717, 1.165) is 25.8 Å². The minimum Gasteiger partial charge on any atom is -0.389 e. The highest BCUT2D eigenvalue weighted by atomic mass is 16.3. The molecule has 2 N–H and O–H groups in total. The molecule has 0 radical (unpaired) electrons. The van der Waals surface area contributed by atoms with E-state index in [1.807, 2.05) is 0 Å². The van der Waals surface area contributed by atoms with Gasteiger partial charge in [-0.15, -0.1) is 12.3 Å². The Kier molecular flexibility index (Phi) is 5.79. The Morgan fingerprint density at radius 2 is 2.08 bits per heavy atom. The van der Waals surface area contributed by atoms with Gasteiger partial charge in [0.15, 0.2) is 0 Å². The highest BCUT2D eigenvalue weighted by Crippen LogP contribution is 1.97. The molecule has 12 heavy (non-hydrogen) atoms. The van der Waals surface area contributed by atoms with Crippen LogP contribution < -0.4 is 5.32 Å². The third kappa shape index (κ3) is 9.48. The van der Waals surface area contributed by atoms with Gasteiger partial charge in [0.1, 0.15) is 0 Å². The normalized spacial score (nSPS) is 11.2. The van der Waals surface area contributed by atoms with Gasteiger partial charge in [-0.05, 0) is 33.2 Å². The molecule has 0 unspecified atom stereocenters. The highest BCUT2D eigenvalue weighted by molar-refractivity contribution is 4.82. The van der Waals surface area contributed by atoms with Gasteiger partial charge in [0, 0.05) is 13.0 Å². The average molecular weight is 169 g/mol. The summed E-state index contributed by atoms with van der Waals surface area (Å²) in [6.07, 6.45) is 8.10. The number of unbranched alkanes of at least 4 members (excludes halogenated alkanes) is 2. The number of hydrogen-bond acceptors (Lipinski definition) is 2. The molecule has 0 saturated heterocycles. The Bertz CT molecular complexity index is 141. The number of aliphatic hydroxyl groups is 1. The molecular weight excluding hydrogens is 150 g/mol. The van der Waals surface area contributed by atoms with Crippen molar-refractivity contribution in [1.29, 1.82) is 0 Å². The van der Waals surface area contributed by atoms with E-state index in [4.69, 9.17) is 6.42 Å². The number of hydrogen-bond donors (Lipinski definition) is 2. The van der Waals surface area contributed by atoms with Crippen molar-refractivity contribution in [2.24, 2.45) is 0 Å². The van der Waals surface area contributed by atoms with Crippen LogP contribution >= 0.6 is 0 Å². The van der Waals surface area contributed by atoms with Gasteiger partial charge in [-0.3, -0.25) is 0 Å². The van der Waals surface area contributed by atoms with Gasteiger partial charge in [-0.2, -0.15) is 0 Å². The van der Waals surface area contributed by atoms with E-state index in [1.165, 1.54) is 0 Å². The van der Waals surface area contributed by atoms with Crippen LogP contribution in [0.5, 0.6) is 0 Å². The van der Waals surface area contributed by atoms with Crippen molar-refractivity contribution >= 4 is 0 Å². The lowest BCUT2D eigenvalue weighted by molar-refractivity contribution is 0.0799. The molecular formula is C10H19NO. The summed E-state index contributed by atoms with van der Waals surface area (Å²) in [5.41, 5.74) is -0.605. The molecule has 70 valence electrons. The average Bonchev–Trinajstić information content (AvgIpc) is 1.94. The molecule has 2 nitrogen and oxygen atoms in total. The molecule has 0 aromatic carbocycles. The molecule has 0 amide bonds. The summed E-state index contributed by atoms with van der Waals surface area (Å²) >= 11 is 0. The van der Waals surface area contributed by atoms with E-state index in [1.54, 1.807) is 13.8 Å². The van der Waals surface area contributed by atoms with Crippen molar-refractivity contribution in [2.75, 3.05) is 13.1 Å². The summed E-state index contributed by atoms with van der Waals surface area (Å²) < 4.78 is 0. The van der Waals surface area contributed by atoms with Gasteiger partial charge >= 0.3 is 0 Å². The second-order valence-electron chi connectivity index (χ2n) is 3.65. The molecule has 0 aliphatic heterocycles. The first-order valence-corrected chi connectivity index (χ1v) is 4.43. The second-order valence-corrected chi connectivity index (χ2v) is 3.65. The predicted molar refractivity (Wildman–Crippen MR) is 51.9 cm³/mol. The molecule has 0 heterocycles. The van der Waals surface area contributed by atoms with Crippen LogP contribution in [0.4, 0.5) is 0 Å². The molecule has 0 rings (SSSR count). The van der Waals surface area contributed by atoms with Crippen LogP contribution in [0.2, 0.25) is 0 Å². The summed E-state index contributed by atoms with van der Waals surface area (Å²) in [5.74, 6) is 2.60. The maximum atomic E-state index is 9.33. The van der Waals surface area contributed by atoms with Gasteiger partial charge in [0.25, 0.3) is 0 Å². The van der Waals surface area contributed by atoms with Crippen LogP contribution in [0.3, 0.4) is 0 Å². The van der Waals surface area contributed by atoms with E-state index < -0.39 is 5.60 Å². The zero-order valence-electron chi connectivity index (χ0n) is 8.06. The van der Waals surface area contributed by atoms with Crippen LogP contribution in [0.15, 0.2) is 0 Å². The lowest BCUT2D eigenvalue weighted by Crippen LogP contribution is -2.35. The first kappa shape index (κ1) is 11.5. The Morgan fingerprint density at radius 3 is 2.58 bits per heavy atom. The van der Waals surface area contributed by atoms with E-state index in [2.05, 4.69) is 11.2 Å². The number of rotatable bonds is 6. The van der Waals surface area contributed by atoms with E-state index >= 15 is 0 Å². The van der Waals surface area contributed by atoms with E-state index in [9.17, 15) is 5.11 Å². The molecule has 0 fully saturated rings. The Balaban J connectivity index is 3.07. The minimum absolute atomic E-state index is 0.605. The lowest BCUT2D eigenvalue weighted by atomic mass is 10.1. The van der Waals surface area contributed by atoms with Gasteiger partial charge in [0.2, 0.25) is 0 Å². The van der Waals surface area contributed by atoms with Gasteiger partial charge in [0.05, 0.1) is 5.60 Å². The Hall–Kier alpha value is -0.520. The zero-order chi connectivity index (χ0) is 9.45. The molecule has 0 saturated carbocycles. The van der Waals surface area contributed by atoms with E-state index in [0.29, 0.717) is 6.54 Å². The maximum absolute atomic E-state index is 9.33. The molecule has 0 spiro atoms. The first-order chi connectivity index (χ1) is 5.56. The molecule has 0 atom stereocenters. The van der Waals surface area contributed by atoms with Gasteiger partial charge in [-0.1, -0.05) is 0 Å². The van der Waals surface area contributed by atoms with Crippen LogP contribution in [0.25, 0.3) is 0 Å². The summed E-state index contributed by atoms with van der Waals surface area (Å²) in [4.78, 5) is 0.